The highest BCUT2D eigenvalue weighted by Gasteiger charge is 2.48. The molecular formula is C91H148N22O25. The minimum absolute atomic E-state index is 0.00326. The normalized spacial score (nSPS) is 15.6. The number of aliphatic hydroxyl groups is 2. The number of carboxylic acids is 1. The lowest BCUT2D eigenvalue weighted by Gasteiger charge is -2.36. The number of carboxylic acid groups (broad SMARTS) is 1. The topological polar surface area (TPSA) is 724 Å². The van der Waals surface area contributed by atoms with E-state index in [1.807, 2.05) is 24.3 Å². The van der Waals surface area contributed by atoms with Crippen molar-refractivity contribution < 1.29 is 121 Å². The molecule has 12 atom stereocenters. The average Bonchev–Trinajstić information content (AvgIpc) is 1.09. The zero-order chi connectivity index (χ0) is 106. The lowest BCUT2D eigenvalue weighted by atomic mass is 9.94. The minimum atomic E-state index is -1.97. The molecule has 772 valence electrons. The molecule has 1 aromatic heterocycles. The Balaban J connectivity index is 1.71. The molecule has 2 heterocycles. The van der Waals surface area contributed by atoms with Crippen LogP contribution in [0.15, 0.2) is 30.5 Å². The van der Waals surface area contributed by atoms with Gasteiger partial charge in [-0.2, -0.15) is 0 Å². The summed E-state index contributed by atoms with van der Waals surface area (Å²) in [5, 5.41) is 76.7. The number of aromatic nitrogens is 1. The number of para-hydroxylation sites is 1. The molecule has 1 aliphatic rings. The molecular weight excluding hydrogens is 1800 g/mol. The Morgan fingerprint density at radius 2 is 0.826 bits per heavy atom. The molecule has 1 aliphatic heterocycles. The number of aromatic amines is 1. The molecule has 0 aliphatic carbocycles. The fraction of sp³-hybridized carbons (Fsp3) is 0.670. The van der Waals surface area contributed by atoms with Gasteiger partial charge in [-0.15, -0.1) is 0 Å². The van der Waals surface area contributed by atoms with Crippen molar-refractivity contribution >= 4 is 141 Å². The summed E-state index contributed by atoms with van der Waals surface area (Å²) in [5.74, 6) is -21.9. The number of fused-ring (bicyclic) bond motifs is 1. The van der Waals surface area contributed by atoms with E-state index in [9.17, 15) is 121 Å². The van der Waals surface area contributed by atoms with Gasteiger partial charge in [0.15, 0.2) is 0 Å². The number of aliphatic hydroxyl groups excluding tert-OH is 2. The molecule has 21 amide bonds. The molecule has 3 rings (SSSR count). The number of hydrogen-bond acceptors (Lipinski definition) is 24. The number of hydrogen-bond donors (Lipinski definition) is 24. The molecule has 0 bridgehead atoms. The first-order valence-electron chi connectivity index (χ1n) is 45.8. The molecule has 0 radical (unpaired) electrons. The number of nitrogens with one attached hydrogen (secondary N) is 19. The second-order valence-electron chi connectivity index (χ2n) is 40.1. The van der Waals surface area contributed by atoms with Gasteiger partial charge in [0.05, 0.1) is 19.3 Å². The number of rotatable bonds is 54. The van der Waals surface area contributed by atoms with Crippen molar-refractivity contribution in [3.63, 3.8) is 0 Å². The average molecular weight is 1950 g/mol. The Labute approximate surface area is 803 Å². The third-order valence-electron chi connectivity index (χ3n) is 23.1. The molecule has 1 fully saturated rings. The van der Waals surface area contributed by atoms with Crippen molar-refractivity contribution in [2.24, 2.45) is 29.2 Å². The summed E-state index contributed by atoms with van der Waals surface area (Å²) in [5.41, 5.74) is -2.18. The maximum Gasteiger partial charge on any atom is 0.303 e. The predicted octanol–water partition coefficient (Wildman–Crippen LogP) is -4.10. The van der Waals surface area contributed by atoms with Gasteiger partial charge in [-0.05, 0) is 199 Å². The van der Waals surface area contributed by atoms with Crippen molar-refractivity contribution in [3.8, 4) is 0 Å². The summed E-state index contributed by atoms with van der Waals surface area (Å²) < 4.78 is 0. The van der Waals surface area contributed by atoms with Crippen molar-refractivity contribution in [2.75, 3.05) is 19.8 Å². The zero-order valence-corrected chi connectivity index (χ0v) is 83.8. The van der Waals surface area contributed by atoms with E-state index in [1.54, 1.807) is 47.7 Å². The first-order chi connectivity index (χ1) is 63.3. The van der Waals surface area contributed by atoms with Gasteiger partial charge in [-0.25, -0.2) is 0 Å². The van der Waals surface area contributed by atoms with E-state index in [0.29, 0.717) is 0 Å². The van der Waals surface area contributed by atoms with Crippen LogP contribution in [0, 0.1) is 17.8 Å². The summed E-state index contributed by atoms with van der Waals surface area (Å²) in [6.45, 7) is 32.7. The molecule has 0 spiro atoms. The van der Waals surface area contributed by atoms with Gasteiger partial charge in [0, 0.05) is 49.8 Å². The van der Waals surface area contributed by atoms with E-state index < -0.39 is 304 Å². The predicted molar refractivity (Wildman–Crippen MR) is 502 cm³/mol. The van der Waals surface area contributed by atoms with Crippen molar-refractivity contribution in [2.45, 2.75) is 354 Å². The molecule has 47 nitrogen and oxygen atoms in total. The smallest absolute Gasteiger partial charge is 0.303 e. The van der Waals surface area contributed by atoms with Crippen LogP contribution in [0.25, 0.3) is 10.9 Å². The van der Waals surface area contributed by atoms with Crippen LogP contribution in [-0.2, 0) is 112 Å². The van der Waals surface area contributed by atoms with Gasteiger partial charge in [0.1, 0.15) is 105 Å². The van der Waals surface area contributed by atoms with E-state index >= 15 is 0 Å². The molecule has 1 saturated heterocycles. The largest absolute Gasteiger partial charge is 0.481 e. The summed E-state index contributed by atoms with van der Waals surface area (Å²) in [6.07, 6.45) is -0.482. The van der Waals surface area contributed by atoms with E-state index in [4.69, 9.17) is 11.5 Å². The van der Waals surface area contributed by atoms with Gasteiger partial charge in [-0.1, -0.05) is 66.2 Å². The third kappa shape index (κ3) is 35.9. The lowest BCUT2D eigenvalue weighted by Crippen LogP contribution is -2.68. The highest BCUT2D eigenvalue weighted by Crippen LogP contribution is 2.26. The van der Waals surface area contributed by atoms with Crippen molar-refractivity contribution in [1.29, 1.82) is 0 Å². The van der Waals surface area contributed by atoms with Crippen LogP contribution in [0.2, 0.25) is 0 Å². The standard InChI is InChI=1S/C91H148N22O25/c1-26-47(6)65(74(129)99-55(33-36-61(92)117)69(124)98-56(35-38-63(119)120)68(123)97-52(43-114)41-51-42-94-54-31-28-27-30-53(51)54)104-79(134)85(12,13)109-75(130)64(46(4)5)103-73(128)60-32-29-39-113(60)83(138)91(24,25)108-72(127)58(40-45(2)3)100-70(125)59(44-115)102-78(133)87(16,17)111-82(137)90(22,23)112-81(136)89(20,21)107-71(126)57(34-37-62(93)118)101-77(132)86(14,15)110-80(135)88(18,19)106-67(122)49(8)95-66(121)48(7)96-76(131)84(10,11)105-50(9)116/h27-28,30-31,42,45-49,52,55-60,64-65,94,114-115H,26,29,32-41,43-44H2,1-25H3,(H2,92,117)(H2,93,118)(H,95,121)(H,96,131)(H,97,123)(H,98,124)(H,99,129)(H,100,125)(H,101,132)(H,102,133)(H,103,128)(H,104,134)(H,105,116)(H,106,122)(H,107,126)(H,108,127)(H,109,130)(H,110,135)(H,111,137)(H,112,136)(H,119,120). The SMILES string of the molecule is CCC(C)C(NC(=O)C(C)(C)NC(=O)C(NC(=O)C1CCCN1C(=O)C(C)(C)NC(=O)C(CC(C)C)NC(=O)C(CO)NC(=O)C(C)(C)NC(=O)C(C)(C)NC(=O)C(C)(C)NC(=O)C(CCC(N)=O)NC(=O)C(C)(C)NC(=O)C(C)(C)NC(=O)C(C)NC(=O)C(C)NC(=O)C(C)(C)NC(C)=O)C(C)C)C(=O)NC(CCC(N)=O)C(=O)NC(CCC(=O)O)C(=O)NC(CO)Cc1c[nH]c2ccccc12. The Kier molecular flexibility index (Phi) is 43.5. The highest BCUT2D eigenvalue weighted by molar-refractivity contribution is 6.05. The zero-order valence-electron chi connectivity index (χ0n) is 83.8. The molecule has 26 N–H and O–H groups in total. The first kappa shape index (κ1) is 119. The summed E-state index contributed by atoms with van der Waals surface area (Å²) >= 11 is 0. The molecule has 138 heavy (non-hydrogen) atoms. The van der Waals surface area contributed by atoms with Crippen LogP contribution in [0.1, 0.15) is 243 Å². The van der Waals surface area contributed by atoms with E-state index in [1.165, 1.54) is 136 Å². The summed E-state index contributed by atoms with van der Waals surface area (Å²) in [7, 11) is 0. The molecule has 0 saturated carbocycles. The van der Waals surface area contributed by atoms with Crippen molar-refractivity contribution in [3.05, 3.63) is 36.0 Å². The summed E-state index contributed by atoms with van der Waals surface area (Å²) in [4.78, 5) is 304. The highest BCUT2D eigenvalue weighted by atomic mass is 16.4. The van der Waals surface area contributed by atoms with E-state index in [2.05, 4.69) is 101 Å². The van der Waals surface area contributed by atoms with E-state index in [-0.39, 0.29) is 44.6 Å². The second-order valence-corrected chi connectivity index (χ2v) is 40.1. The van der Waals surface area contributed by atoms with Crippen LogP contribution < -0.4 is 107 Å². The summed E-state index contributed by atoms with van der Waals surface area (Å²) in [6, 6.07) is -8.17. The maximum atomic E-state index is 14.7. The van der Waals surface area contributed by atoms with Gasteiger partial charge in [0.2, 0.25) is 124 Å². The van der Waals surface area contributed by atoms with E-state index in [0.717, 1.165) is 16.5 Å². The molecule has 12 unspecified atom stereocenters. The minimum Gasteiger partial charge on any atom is -0.481 e. The Morgan fingerprint density at radius 1 is 0.420 bits per heavy atom. The molecule has 47 heteroatoms. The number of likely N-dealkylation sites (tertiary alicyclic amines) is 1. The lowest BCUT2D eigenvalue weighted by molar-refractivity contribution is -0.146. The number of carbonyl (C=O) groups is 22. The van der Waals surface area contributed by atoms with Crippen LogP contribution in [0.5, 0.6) is 0 Å². The number of nitrogens with two attached hydrogens (primary N) is 2. The third-order valence-corrected chi connectivity index (χ3v) is 23.1. The number of aliphatic carboxylic acids is 1. The van der Waals surface area contributed by atoms with Crippen LogP contribution in [0.3, 0.4) is 0 Å². The van der Waals surface area contributed by atoms with Crippen LogP contribution in [0.4, 0.5) is 0 Å². The number of primary amides is 2. The Bertz CT molecular complexity index is 4820. The van der Waals surface area contributed by atoms with Crippen molar-refractivity contribution in [1.82, 2.24) is 106 Å². The molecule has 1 aromatic carbocycles. The number of H-pyrrole nitrogens is 1. The van der Waals surface area contributed by atoms with Gasteiger partial charge >= 0.3 is 5.97 Å². The van der Waals surface area contributed by atoms with Crippen LogP contribution in [-0.4, -0.2) is 286 Å². The maximum absolute atomic E-state index is 14.7. The molecule has 2 aromatic rings. The van der Waals surface area contributed by atoms with Gasteiger partial charge < -0.3 is 132 Å². The Morgan fingerprint density at radius 3 is 1.31 bits per heavy atom. The first-order valence-corrected chi connectivity index (χ1v) is 45.8. The number of benzene rings is 1. The fourth-order valence-corrected chi connectivity index (χ4v) is 14.2. The van der Waals surface area contributed by atoms with Crippen LogP contribution >= 0.6 is 0 Å². The monoisotopic (exact) mass is 1950 g/mol. The number of carbonyl (C=O) groups excluding carboxylic acids is 21. The number of amides is 21. The van der Waals surface area contributed by atoms with Gasteiger partial charge in [0.25, 0.3) is 0 Å². The quantitative estimate of drug-likeness (QED) is 0.0299. The fourth-order valence-electron chi connectivity index (χ4n) is 14.2. The Hall–Kier alpha value is -13.0. The number of nitrogens with zero attached hydrogens (tertiary/aromatic N) is 1. The second kappa shape index (κ2) is 50.4. The van der Waals surface area contributed by atoms with Gasteiger partial charge in [-0.3, -0.25) is 105 Å².